The molecule has 178 valence electrons. The van der Waals surface area contributed by atoms with Crippen LogP contribution in [0.4, 0.5) is 0 Å². The van der Waals surface area contributed by atoms with Crippen LogP contribution in [0.3, 0.4) is 0 Å². The minimum absolute atomic E-state index is 0.0447. The lowest BCUT2D eigenvalue weighted by atomic mass is 9.95. The number of carbonyl (C=O) groups excluding carboxylic acids is 1. The summed E-state index contributed by atoms with van der Waals surface area (Å²) in [5, 5.41) is 0. The summed E-state index contributed by atoms with van der Waals surface area (Å²) >= 11 is 1.41. The molecule has 1 heterocycles. The fourth-order valence-electron chi connectivity index (χ4n) is 4.56. The Labute approximate surface area is 205 Å². The average molecular weight is 496 g/mol. The van der Waals surface area contributed by atoms with Crippen LogP contribution >= 0.6 is 11.3 Å². The Morgan fingerprint density at radius 3 is 2.53 bits per heavy atom. The molecule has 0 N–H and O–H groups in total. The van der Waals surface area contributed by atoms with E-state index in [1.807, 2.05) is 36.6 Å². The largest absolute Gasteiger partial charge is 0.305 e. The van der Waals surface area contributed by atoms with Gasteiger partial charge < -0.3 is 4.57 Å². The number of amides is 1. The quantitative estimate of drug-likeness (QED) is 0.464. The zero-order valence-corrected chi connectivity index (χ0v) is 21.2. The number of sulfonamides is 1. The molecule has 1 amide bonds. The molecule has 0 aliphatic heterocycles. The number of hydrogen-bond donors (Lipinski definition) is 0. The second-order valence-electron chi connectivity index (χ2n) is 8.59. The highest BCUT2D eigenvalue weighted by atomic mass is 32.2. The van der Waals surface area contributed by atoms with Gasteiger partial charge in [-0.15, -0.1) is 6.42 Å². The van der Waals surface area contributed by atoms with Crippen LogP contribution in [0.15, 0.2) is 52.4 Å². The molecule has 1 aliphatic rings. The minimum atomic E-state index is -3.62. The van der Waals surface area contributed by atoms with Gasteiger partial charge in [0.2, 0.25) is 10.0 Å². The Hall–Kier alpha value is -2.73. The molecule has 2 aromatic carbocycles. The molecular formula is C26H29N3O3S2. The molecule has 0 unspecified atom stereocenters. The number of thiazole rings is 1. The van der Waals surface area contributed by atoms with Crippen molar-refractivity contribution in [2.45, 2.75) is 63.4 Å². The van der Waals surface area contributed by atoms with Gasteiger partial charge in [-0.05, 0) is 61.7 Å². The van der Waals surface area contributed by atoms with Crippen LogP contribution in [0.5, 0.6) is 0 Å². The molecular weight excluding hydrogens is 466 g/mol. The predicted octanol–water partition coefficient (Wildman–Crippen LogP) is 4.73. The molecule has 0 bridgehead atoms. The van der Waals surface area contributed by atoms with E-state index in [1.165, 1.54) is 35.6 Å². The lowest BCUT2D eigenvalue weighted by Crippen LogP contribution is -2.41. The molecule has 1 aliphatic carbocycles. The van der Waals surface area contributed by atoms with Gasteiger partial charge >= 0.3 is 0 Å². The molecule has 1 fully saturated rings. The van der Waals surface area contributed by atoms with Crippen LogP contribution in [0.2, 0.25) is 0 Å². The van der Waals surface area contributed by atoms with Gasteiger partial charge in [0.1, 0.15) is 0 Å². The molecule has 34 heavy (non-hydrogen) atoms. The van der Waals surface area contributed by atoms with E-state index >= 15 is 0 Å². The number of carbonyl (C=O) groups is 1. The van der Waals surface area contributed by atoms with Gasteiger partial charge in [-0.1, -0.05) is 49.5 Å². The average Bonchev–Trinajstić information content (AvgIpc) is 3.16. The SMILES string of the molecule is C#CCn1c(=NC(=O)c2ccc(S(=O)(=O)N(CC)C3CCCCC3)cc2)sc2cc(C)ccc21. The third-order valence-corrected chi connectivity index (χ3v) is 9.37. The van der Waals surface area contributed by atoms with Gasteiger partial charge in [-0.3, -0.25) is 4.79 Å². The van der Waals surface area contributed by atoms with E-state index in [4.69, 9.17) is 6.42 Å². The maximum Gasteiger partial charge on any atom is 0.279 e. The zero-order chi connectivity index (χ0) is 24.3. The van der Waals surface area contributed by atoms with Crippen molar-refractivity contribution in [1.82, 2.24) is 8.87 Å². The van der Waals surface area contributed by atoms with Crippen LogP contribution in [-0.2, 0) is 16.6 Å². The summed E-state index contributed by atoms with van der Waals surface area (Å²) in [5.41, 5.74) is 2.38. The van der Waals surface area contributed by atoms with Crippen molar-refractivity contribution in [3.8, 4) is 12.3 Å². The maximum atomic E-state index is 13.3. The monoisotopic (exact) mass is 495 g/mol. The first-order chi connectivity index (χ1) is 16.3. The lowest BCUT2D eigenvalue weighted by molar-refractivity contribution is 0.0997. The second-order valence-corrected chi connectivity index (χ2v) is 11.5. The molecule has 4 rings (SSSR count). The zero-order valence-electron chi connectivity index (χ0n) is 19.5. The van der Waals surface area contributed by atoms with Gasteiger partial charge in [0.25, 0.3) is 5.91 Å². The van der Waals surface area contributed by atoms with Crippen molar-refractivity contribution < 1.29 is 13.2 Å². The van der Waals surface area contributed by atoms with E-state index in [0.717, 1.165) is 47.9 Å². The van der Waals surface area contributed by atoms with Crippen LogP contribution in [0.1, 0.15) is 54.9 Å². The summed E-state index contributed by atoms with van der Waals surface area (Å²) in [6.07, 6.45) is 10.6. The van der Waals surface area contributed by atoms with Crippen LogP contribution in [0.25, 0.3) is 10.2 Å². The van der Waals surface area contributed by atoms with Gasteiger partial charge in [-0.2, -0.15) is 9.30 Å². The Morgan fingerprint density at radius 1 is 1.18 bits per heavy atom. The molecule has 1 saturated carbocycles. The molecule has 0 spiro atoms. The summed E-state index contributed by atoms with van der Waals surface area (Å²) in [4.78, 5) is 18.0. The maximum absolute atomic E-state index is 13.3. The van der Waals surface area contributed by atoms with Gasteiger partial charge in [0, 0.05) is 18.2 Å². The summed E-state index contributed by atoms with van der Waals surface area (Å²) < 4.78 is 31.0. The third kappa shape index (κ3) is 4.88. The summed E-state index contributed by atoms with van der Waals surface area (Å²) in [7, 11) is -3.62. The molecule has 0 saturated heterocycles. The molecule has 0 radical (unpaired) electrons. The number of aromatic nitrogens is 1. The van der Waals surface area contributed by atoms with E-state index < -0.39 is 15.9 Å². The predicted molar refractivity (Wildman–Crippen MR) is 136 cm³/mol. The van der Waals surface area contributed by atoms with Gasteiger partial charge in [-0.25, -0.2) is 8.42 Å². The Bertz CT molecular complexity index is 1400. The number of aryl methyl sites for hydroxylation is 1. The fourth-order valence-corrected chi connectivity index (χ4v) is 7.38. The highest BCUT2D eigenvalue weighted by molar-refractivity contribution is 7.89. The van der Waals surface area contributed by atoms with Crippen molar-refractivity contribution >= 4 is 37.5 Å². The number of nitrogens with zero attached hydrogens (tertiary/aromatic N) is 3. The number of benzene rings is 2. The number of terminal acetylenes is 1. The number of hydrogen-bond acceptors (Lipinski definition) is 4. The van der Waals surface area contributed by atoms with Crippen LogP contribution in [-0.4, -0.2) is 35.8 Å². The highest BCUT2D eigenvalue weighted by Gasteiger charge is 2.31. The standard InChI is InChI=1S/C26H29N3O3S2/c1-4-17-28-23-16-11-19(3)18-24(23)33-26(28)27-25(30)20-12-14-22(15-13-20)34(31,32)29(5-2)21-9-7-6-8-10-21/h1,11-16,18,21H,5-10,17H2,2-3H3. The fraction of sp³-hybridized carbons (Fsp3) is 0.385. The molecule has 1 aromatic heterocycles. The molecule has 0 atom stereocenters. The van der Waals surface area contributed by atoms with E-state index in [1.54, 1.807) is 4.31 Å². The van der Waals surface area contributed by atoms with Crippen molar-refractivity contribution in [3.05, 3.63) is 58.4 Å². The highest BCUT2D eigenvalue weighted by Crippen LogP contribution is 2.28. The third-order valence-electron chi connectivity index (χ3n) is 6.29. The van der Waals surface area contributed by atoms with Crippen LogP contribution in [0, 0.1) is 19.3 Å². The Morgan fingerprint density at radius 2 is 1.88 bits per heavy atom. The number of fused-ring (bicyclic) bond motifs is 1. The Kier molecular flexibility index (Phi) is 7.36. The first-order valence-electron chi connectivity index (χ1n) is 11.6. The van der Waals surface area contributed by atoms with Gasteiger partial charge in [0.15, 0.2) is 4.80 Å². The van der Waals surface area contributed by atoms with E-state index in [9.17, 15) is 13.2 Å². The normalized spacial score (nSPS) is 15.6. The topological polar surface area (TPSA) is 71.7 Å². The lowest BCUT2D eigenvalue weighted by Gasteiger charge is -2.32. The molecule has 8 heteroatoms. The molecule has 3 aromatic rings. The van der Waals surface area contributed by atoms with E-state index in [0.29, 0.717) is 23.5 Å². The molecule has 6 nitrogen and oxygen atoms in total. The van der Waals surface area contributed by atoms with Crippen molar-refractivity contribution in [3.63, 3.8) is 0 Å². The first kappa shape index (κ1) is 24.4. The van der Waals surface area contributed by atoms with E-state index in [-0.39, 0.29) is 10.9 Å². The van der Waals surface area contributed by atoms with Crippen molar-refractivity contribution in [1.29, 1.82) is 0 Å². The van der Waals surface area contributed by atoms with Crippen molar-refractivity contribution in [2.75, 3.05) is 6.54 Å². The van der Waals surface area contributed by atoms with Gasteiger partial charge in [0.05, 0.1) is 21.7 Å². The van der Waals surface area contributed by atoms with Crippen molar-refractivity contribution in [2.24, 2.45) is 4.99 Å². The number of rotatable bonds is 6. The first-order valence-corrected chi connectivity index (χ1v) is 13.8. The summed E-state index contributed by atoms with van der Waals surface area (Å²) in [5.74, 6) is 2.19. The second kappa shape index (κ2) is 10.3. The smallest absolute Gasteiger partial charge is 0.279 e. The Balaban J connectivity index is 1.63. The minimum Gasteiger partial charge on any atom is -0.305 e. The summed E-state index contributed by atoms with van der Waals surface area (Å²) in [6, 6.07) is 12.2. The summed E-state index contributed by atoms with van der Waals surface area (Å²) in [6.45, 7) is 4.63. The van der Waals surface area contributed by atoms with Crippen LogP contribution < -0.4 is 4.80 Å². The van der Waals surface area contributed by atoms with E-state index in [2.05, 4.69) is 10.9 Å².